The molecule has 0 radical (unpaired) electrons. The smallest absolute Gasteiger partial charge is 0.227 e. The molecule has 1 aliphatic heterocycles. The van der Waals surface area contributed by atoms with Crippen LogP contribution in [0.2, 0.25) is 0 Å². The molecule has 0 aliphatic carbocycles. The number of benzene rings is 1. The largest absolute Gasteiger partial charge is 0.339 e. The zero-order valence-electron chi connectivity index (χ0n) is 14.0. The predicted molar refractivity (Wildman–Crippen MR) is 97.8 cm³/mol. The van der Waals surface area contributed by atoms with Gasteiger partial charge in [0, 0.05) is 36.0 Å². The first-order valence-electron chi connectivity index (χ1n) is 8.47. The summed E-state index contributed by atoms with van der Waals surface area (Å²) in [6.07, 6.45) is 1.82. The van der Waals surface area contributed by atoms with Crippen molar-refractivity contribution in [2.24, 2.45) is 0 Å². The van der Waals surface area contributed by atoms with E-state index >= 15 is 0 Å². The van der Waals surface area contributed by atoms with Crippen molar-refractivity contribution in [2.45, 2.75) is 32.1 Å². The number of hydrogen-bond acceptors (Lipinski definition) is 5. The van der Waals surface area contributed by atoms with Crippen molar-refractivity contribution in [3.05, 3.63) is 52.5 Å². The quantitative estimate of drug-likeness (QED) is 0.703. The number of para-hydroxylation sites is 1. The summed E-state index contributed by atoms with van der Waals surface area (Å²) in [7, 11) is 0. The summed E-state index contributed by atoms with van der Waals surface area (Å²) in [4.78, 5) is 19.0. The van der Waals surface area contributed by atoms with Crippen molar-refractivity contribution < 1.29 is 9.32 Å². The maximum absolute atomic E-state index is 12.7. The maximum Gasteiger partial charge on any atom is 0.227 e. The molecule has 0 N–H and O–H groups in total. The molecular weight excluding hydrogens is 334 g/mol. The Balaban J connectivity index is 1.44. The van der Waals surface area contributed by atoms with Gasteiger partial charge in [0.15, 0.2) is 0 Å². The van der Waals surface area contributed by atoms with Crippen molar-refractivity contribution >= 4 is 22.9 Å². The van der Waals surface area contributed by atoms with Crippen molar-refractivity contribution in [3.8, 4) is 11.4 Å². The molecule has 2 aromatic heterocycles. The topological polar surface area (TPSA) is 59.2 Å². The Morgan fingerprint density at radius 2 is 2.24 bits per heavy atom. The fraction of sp³-hybridized carbons (Fsp3) is 0.316. The molecule has 0 spiro atoms. The second-order valence-corrected chi connectivity index (χ2v) is 7.10. The Hall–Kier alpha value is -2.47. The fourth-order valence-electron chi connectivity index (χ4n) is 3.22. The van der Waals surface area contributed by atoms with Gasteiger partial charge in [-0.05, 0) is 35.4 Å². The normalized spacial score (nSPS) is 16.7. The first-order valence-corrected chi connectivity index (χ1v) is 9.41. The van der Waals surface area contributed by atoms with Gasteiger partial charge >= 0.3 is 0 Å². The molecule has 1 amide bonds. The molecular formula is C19H19N3O2S. The van der Waals surface area contributed by atoms with Crippen LogP contribution < -0.4 is 4.90 Å². The number of thiophene rings is 1. The van der Waals surface area contributed by atoms with Gasteiger partial charge in [-0.25, -0.2) is 0 Å². The number of hydrogen-bond donors (Lipinski definition) is 0. The molecule has 1 aliphatic rings. The van der Waals surface area contributed by atoms with Crippen LogP contribution in [0.25, 0.3) is 11.4 Å². The number of aromatic nitrogens is 2. The summed E-state index contributed by atoms with van der Waals surface area (Å²) >= 11 is 1.59. The zero-order valence-corrected chi connectivity index (χ0v) is 14.8. The molecule has 3 aromatic rings. The monoisotopic (exact) mass is 353 g/mol. The van der Waals surface area contributed by atoms with Crippen LogP contribution in [0.15, 0.2) is 45.6 Å². The lowest BCUT2D eigenvalue weighted by Gasteiger charge is -2.33. The van der Waals surface area contributed by atoms with Crippen LogP contribution in [0, 0.1) is 0 Å². The zero-order chi connectivity index (χ0) is 17.2. The van der Waals surface area contributed by atoms with E-state index in [2.05, 4.69) is 23.1 Å². The molecule has 3 heterocycles. The molecule has 25 heavy (non-hydrogen) atoms. The van der Waals surface area contributed by atoms with E-state index in [-0.39, 0.29) is 5.91 Å². The molecule has 1 unspecified atom stereocenters. The van der Waals surface area contributed by atoms with Gasteiger partial charge in [-0.15, -0.1) is 0 Å². The number of amides is 1. The highest BCUT2D eigenvalue weighted by Crippen LogP contribution is 2.35. The Kier molecular flexibility index (Phi) is 4.36. The summed E-state index contributed by atoms with van der Waals surface area (Å²) in [6, 6.07) is 10.1. The van der Waals surface area contributed by atoms with Gasteiger partial charge in [0.2, 0.25) is 17.6 Å². The van der Waals surface area contributed by atoms with Crippen molar-refractivity contribution in [2.75, 3.05) is 11.4 Å². The van der Waals surface area contributed by atoms with Crippen LogP contribution in [0.1, 0.15) is 37.1 Å². The van der Waals surface area contributed by atoms with E-state index < -0.39 is 0 Å². The number of fused-ring (bicyclic) bond motifs is 1. The Bertz CT molecular complexity index is 872. The van der Waals surface area contributed by atoms with Crippen LogP contribution in [-0.4, -0.2) is 22.6 Å². The molecule has 5 nitrogen and oxygen atoms in total. The first kappa shape index (κ1) is 16.0. The second kappa shape index (κ2) is 6.80. The summed E-state index contributed by atoms with van der Waals surface area (Å²) in [5, 5.41) is 7.94. The molecule has 1 atom stereocenters. The van der Waals surface area contributed by atoms with E-state index in [4.69, 9.17) is 4.52 Å². The standard InChI is InChI=1S/C19H19N3O2S/c1-13-8-10-22(16-5-3-2-4-15(13)16)18(23)7-6-17-20-19(21-24-17)14-9-11-25-12-14/h2-5,9,11-13H,6-8,10H2,1H3. The summed E-state index contributed by atoms with van der Waals surface area (Å²) in [6.45, 7) is 2.98. The lowest BCUT2D eigenvalue weighted by Crippen LogP contribution is -2.36. The molecule has 128 valence electrons. The van der Waals surface area contributed by atoms with Gasteiger partial charge in [-0.2, -0.15) is 16.3 Å². The minimum absolute atomic E-state index is 0.106. The van der Waals surface area contributed by atoms with E-state index in [1.54, 1.807) is 11.3 Å². The lowest BCUT2D eigenvalue weighted by molar-refractivity contribution is -0.118. The van der Waals surface area contributed by atoms with Crippen LogP contribution in [-0.2, 0) is 11.2 Å². The van der Waals surface area contributed by atoms with Gasteiger partial charge < -0.3 is 9.42 Å². The van der Waals surface area contributed by atoms with Crippen LogP contribution in [0.4, 0.5) is 5.69 Å². The van der Waals surface area contributed by atoms with Crippen molar-refractivity contribution in [1.82, 2.24) is 10.1 Å². The van der Waals surface area contributed by atoms with E-state index in [0.717, 1.165) is 24.2 Å². The van der Waals surface area contributed by atoms with Crippen molar-refractivity contribution in [1.29, 1.82) is 0 Å². The number of anilines is 1. The minimum Gasteiger partial charge on any atom is -0.339 e. The summed E-state index contributed by atoms with van der Waals surface area (Å²) in [5.74, 6) is 1.69. The molecule has 0 saturated carbocycles. The Morgan fingerprint density at radius 3 is 3.08 bits per heavy atom. The number of carbonyl (C=O) groups is 1. The van der Waals surface area contributed by atoms with Gasteiger partial charge in [-0.1, -0.05) is 30.3 Å². The second-order valence-electron chi connectivity index (χ2n) is 6.32. The highest BCUT2D eigenvalue weighted by Gasteiger charge is 2.26. The molecule has 6 heteroatoms. The molecule has 1 aromatic carbocycles. The molecule has 0 bridgehead atoms. The highest BCUT2D eigenvalue weighted by molar-refractivity contribution is 7.08. The number of carbonyl (C=O) groups excluding carboxylic acids is 1. The van der Waals surface area contributed by atoms with Crippen LogP contribution in [0.5, 0.6) is 0 Å². The number of rotatable bonds is 4. The van der Waals surface area contributed by atoms with Gasteiger partial charge in [-0.3, -0.25) is 4.79 Å². The van der Waals surface area contributed by atoms with E-state index in [1.165, 1.54) is 5.56 Å². The third-order valence-corrected chi connectivity index (χ3v) is 5.33. The summed E-state index contributed by atoms with van der Waals surface area (Å²) < 4.78 is 5.29. The average Bonchev–Trinajstić information content (AvgIpc) is 3.32. The fourth-order valence-corrected chi connectivity index (χ4v) is 3.86. The van der Waals surface area contributed by atoms with E-state index in [0.29, 0.717) is 30.5 Å². The number of aryl methyl sites for hydroxylation is 1. The minimum atomic E-state index is 0.106. The predicted octanol–water partition coefficient (Wildman–Crippen LogP) is 4.27. The summed E-state index contributed by atoms with van der Waals surface area (Å²) in [5.41, 5.74) is 3.24. The van der Waals surface area contributed by atoms with E-state index in [1.807, 2.05) is 39.9 Å². The third-order valence-electron chi connectivity index (χ3n) is 4.65. The van der Waals surface area contributed by atoms with Gasteiger partial charge in [0.05, 0.1) is 0 Å². The molecule has 0 saturated heterocycles. The Morgan fingerprint density at radius 1 is 1.36 bits per heavy atom. The highest BCUT2D eigenvalue weighted by atomic mass is 32.1. The van der Waals surface area contributed by atoms with Crippen LogP contribution in [0.3, 0.4) is 0 Å². The molecule has 4 rings (SSSR count). The van der Waals surface area contributed by atoms with Gasteiger partial charge in [0.1, 0.15) is 0 Å². The SMILES string of the molecule is CC1CCN(C(=O)CCc2nc(-c3ccsc3)no2)c2ccccc21. The number of nitrogens with zero attached hydrogens (tertiary/aromatic N) is 3. The van der Waals surface area contributed by atoms with Crippen LogP contribution >= 0.6 is 11.3 Å². The van der Waals surface area contributed by atoms with Crippen molar-refractivity contribution in [3.63, 3.8) is 0 Å². The Labute approximate surface area is 150 Å². The maximum atomic E-state index is 12.7. The molecule has 0 fully saturated rings. The lowest BCUT2D eigenvalue weighted by atomic mass is 9.91. The third kappa shape index (κ3) is 3.22. The average molecular weight is 353 g/mol. The van der Waals surface area contributed by atoms with E-state index in [9.17, 15) is 4.79 Å². The van der Waals surface area contributed by atoms with Gasteiger partial charge in [0.25, 0.3) is 0 Å². The first-order chi connectivity index (χ1) is 12.2.